The lowest BCUT2D eigenvalue weighted by Crippen LogP contribution is -2.30. The number of methoxy groups -OCH3 is 1. The van der Waals surface area contributed by atoms with Crippen LogP contribution in [0.15, 0.2) is 48.0 Å². The molecule has 0 heterocycles. The number of rotatable bonds is 7. The third-order valence-corrected chi connectivity index (χ3v) is 3.99. The van der Waals surface area contributed by atoms with Crippen molar-refractivity contribution in [2.75, 3.05) is 7.11 Å². The Morgan fingerprint density at radius 1 is 1.26 bits per heavy atom. The van der Waals surface area contributed by atoms with Crippen LogP contribution in [0.5, 0.6) is 11.5 Å². The quantitative estimate of drug-likeness (QED) is 0.568. The highest BCUT2D eigenvalue weighted by atomic mass is 35.5. The first-order valence-electron chi connectivity index (χ1n) is 8.41. The Morgan fingerprint density at radius 3 is 2.63 bits per heavy atom. The maximum absolute atomic E-state index is 12.0. The molecule has 0 aromatic heterocycles. The lowest BCUT2D eigenvalue weighted by Gasteiger charge is -2.12. The third kappa shape index (κ3) is 5.77. The van der Waals surface area contributed by atoms with Crippen molar-refractivity contribution in [3.8, 4) is 17.6 Å². The molecule has 5 nitrogen and oxygen atoms in total. The number of nitrogens with one attached hydrogen (secondary N) is 1. The average Bonchev–Trinajstić information content (AvgIpc) is 2.65. The summed E-state index contributed by atoms with van der Waals surface area (Å²) >= 11 is 6.14. The standard InChI is InChI=1S/C21H21ClN2O3/c1-14(2)24-21(25)17(12-23)10-15-8-9-19(20(11-15)26-3)27-13-16-6-4-5-7-18(16)22/h4-11,14H,13H2,1-3H3,(H,24,25)/b17-10+. The second kappa shape index (κ2) is 9.65. The number of hydrogen-bond acceptors (Lipinski definition) is 4. The van der Waals surface area contributed by atoms with Crippen LogP contribution in [0, 0.1) is 11.3 Å². The average molecular weight is 385 g/mol. The van der Waals surface area contributed by atoms with E-state index in [9.17, 15) is 10.1 Å². The highest BCUT2D eigenvalue weighted by molar-refractivity contribution is 6.31. The number of nitriles is 1. The Balaban J connectivity index is 2.20. The summed E-state index contributed by atoms with van der Waals surface area (Å²) in [6.07, 6.45) is 1.51. The van der Waals surface area contributed by atoms with Gasteiger partial charge in [-0.15, -0.1) is 0 Å². The zero-order valence-corrected chi connectivity index (χ0v) is 16.2. The fraction of sp³-hybridized carbons (Fsp3) is 0.238. The molecule has 2 aromatic rings. The van der Waals surface area contributed by atoms with Crippen molar-refractivity contribution >= 4 is 23.6 Å². The van der Waals surface area contributed by atoms with Crippen LogP contribution in [0.4, 0.5) is 0 Å². The largest absolute Gasteiger partial charge is 0.493 e. The van der Waals surface area contributed by atoms with E-state index >= 15 is 0 Å². The van der Waals surface area contributed by atoms with Crippen LogP contribution < -0.4 is 14.8 Å². The Labute approximate surface area is 164 Å². The number of benzene rings is 2. The second-order valence-electron chi connectivity index (χ2n) is 6.09. The van der Waals surface area contributed by atoms with E-state index < -0.39 is 5.91 Å². The van der Waals surface area contributed by atoms with Crippen molar-refractivity contribution in [3.05, 3.63) is 64.2 Å². The molecule has 2 rings (SSSR count). The molecule has 0 spiro atoms. The van der Waals surface area contributed by atoms with Gasteiger partial charge in [0.25, 0.3) is 5.91 Å². The van der Waals surface area contributed by atoms with Crippen molar-refractivity contribution < 1.29 is 14.3 Å². The van der Waals surface area contributed by atoms with Crippen LogP contribution in [0.2, 0.25) is 5.02 Å². The number of carbonyl (C=O) groups excluding carboxylic acids is 1. The summed E-state index contributed by atoms with van der Waals surface area (Å²) in [5.74, 6) is 0.627. The van der Waals surface area contributed by atoms with E-state index in [4.69, 9.17) is 21.1 Å². The van der Waals surface area contributed by atoms with E-state index in [-0.39, 0.29) is 11.6 Å². The second-order valence-corrected chi connectivity index (χ2v) is 6.50. The lowest BCUT2D eigenvalue weighted by atomic mass is 10.1. The van der Waals surface area contributed by atoms with Gasteiger partial charge in [-0.3, -0.25) is 4.79 Å². The van der Waals surface area contributed by atoms with Crippen LogP contribution >= 0.6 is 11.6 Å². The lowest BCUT2D eigenvalue weighted by molar-refractivity contribution is -0.117. The predicted molar refractivity (Wildman–Crippen MR) is 106 cm³/mol. The summed E-state index contributed by atoms with van der Waals surface area (Å²) in [6.45, 7) is 3.97. The van der Waals surface area contributed by atoms with E-state index in [1.807, 2.05) is 38.1 Å². The topological polar surface area (TPSA) is 71.3 Å². The molecule has 0 aliphatic heterocycles. The fourth-order valence-electron chi connectivity index (χ4n) is 2.32. The minimum Gasteiger partial charge on any atom is -0.493 e. The van der Waals surface area contributed by atoms with Crippen LogP contribution in [-0.4, -0.2) is 19.1 Å². The van der Waals surface area contributed by atoms with Gasteiger partial charge in [0, 0.05) is 16.6 Å². The zero-order valence-electron chi connectivity index (χ0n) is 15.5. The van der Waals surface area contributed by atoms with Gasteiger partial charge in [-0.2, -0.15) is 5.26 Å². The summed E-state index contributed by atoms with van der Waals surface area (Å²) in [7, 11) is 1.53. The maximum atomic E-state index is 12.0. The smallest absolute Gasteiger partial charge is 0.262 e. The molecule has 1 amide bonds. The Morgan fingerprint density at radius 2 is 2.00 bits per heavy atom. The van der Waals surface area contributed by atoms with E-state index in [1.54, 1.807) is 24.3 Å². The van der Waals surface area contributed by atoms with Gasteiger partial charge in [-0.05, 0) is 43.7 Å². The number of nitrogens with zero attached hydrogens (tertiary/aromatic N) is 1. The minimum absolute atomic E-state index is 0.0236. The van der Waals surface area contributed by atoms with E-state index in [1.165, 1.54) is 13.2 Å². The number of halogens is 1. The van der Waals surface area contributed by atoms with Gasteiger partial charge < -0.3 is 14.8 Å². The normalized spacial score (nSPS) is 11.0. The minimum atomic E-state index is -0.412. The number of ether oxygens (including phenoxy) is 2. The maximum Gasteiger partial charge on any atom is 0.262 e. The summed E-state index contributed by atoms with van der Waals surface area (Å²) in [5, 5.41) is 12.6. The molecule has 0 bridgehead atoms. The monoisotopic (exact) mass is 384 g/mol. The van der Waals surface area contributed by atoms with Crippen molar-refractivity contribution in [1.82, 2.24) is 5.32 Å². The van der Waals surface area contributed by atoms with Gasteiger partial charge >= 0.3 is 0 Å². The Bertz CT molecular complexity index is 885. The van der Waals surface area contributed by atoms with Gasteiger partial charge in [0.2, 0.25) is 0 Å². The molecule has 6 heteroatoms. The van der Waals surface area contributed by atoms with Crippen molar-refractivity contribution in [2.45, 2.75) is 26.5 Å². The zero-order chi connectivity index (χ0) is 19.8. The first-order chi connectivity index (χ1) is 12.9. The Hall–Kier alpha value is -2.97. The van der Waals surface area contributed by atoms with Gasteiger partial charge in [-0.25, -0.2) is 0 Å². The number of amides is 1. The van der Waals surface area contributed by atoms with E-state index in [0.29, 0.717) is 28.7 Å². The van der Waals surface area contributed by atoms with Crippen molar-refractivity contribution in [2.24, 2.45) is 0 Å². The molecule has 140 valence electrons. The van der Waals surface area contributed by atoms with Gasteiger partial charge in [0.05, 0.1) is 7.11 Å². The highest BCUT2D eigenvalue weighted by Gasteiger charge is 2.12. The summed E-state index contributed by atoms with van der Waals surface area (Å²) in [5.41, 5.74) is 1.55. The molecule has 0 radical (unpaired) electrons. The molecule has 2 aromatic carbocycles. The first kappa shape index (κ1) is 20.3. The molecule has 1 N–H and O–H groups in total. The number of hydrogen-bond donors (Lipinski definition) is 1. The van der Waals surface area contributed by atoms with Crippen LogP contribution in [-0.2, 0) is 11.4 Å². The van der Waals surface area contributed by atoms with Crippen LogP contribution in [0.1, 0.15) is 25.0 Å². The molecule has 0 saturated heterocycles. The number of carbonyl (C=O) groups is 1. The van der Waals surface area contributed by atoms with Gasteiger partial charge in [-0.1, -0.05) is 35.9 Å². The van der Waals surface area contributed by atoms with Crippen LogP contribution in [0.3, 0.4) is 0 Å². The van der Waals surface area contributed by atoms with Crippen molar-refractivity contribution in [3.63, 3.8) is 0 Å². The fourth-order valence-corrected chi connectivity index (χ4v) is 2.51. The molecule has 0 fully saturated rings. The molecule has 0 saturated carbocycles. The van der Waals surface area contributed by atoms with Crippen LogP contribution in [0.25, 0.3) is 6.08 Å². The van der Waals surface area contributed by atoms with E-state index in [0.717, 1.165) is 5.56 Å². The predicted octanol–water partition coefficient (Wildman–Crippen LogP) is 4.36. The van der Waals surface area contributed by atoms with Crippen molar-refractivity contribution in [1.29, 1.82) is 5.26 Å². The van der Waals surface area contributed by atoms with Gasteiger partial charge in [0.15, 0.2) is 11.5 Å². The van der Waals surface area contributed by atoms with E-state index in [2.05, 4.69) is 5.32 Å². The Kier molecular flexibility index (Phi) is 7.27. The summed E-state index contributed by atoms with van der Waals surface area (Å²) in [4.78, 5) is 12.0. The first-order valence-corrected chi connectivity index (χ1v) is 8.79. The summed E-state index contributed by atoms with van der Waals surface area (Å²) in [6, 6.07) is 14.5. The summed E-state index contributed by atoms with van der Waals surface area (Å²) < 4.78 is 11.2. The highest BCUT2D eigenvalue weighted by Crippen LogP contribution is 2.30. The van der Waals surface area contributed by atoms with Gasteiger partial charge in [0.1, 0.15) is 18.2 Å². The molecule has 0 atom stereocenters. The SMILES string of the molecule is COc1cc(/C=C(\C#N)C(=O)NC(C)C)ccc1OCc1ccccc1Cl. The molecular formula is C21H21ClN2O3. The molecule has 0 aliphatic carbocycles. The molecule has 0 aliphatic rings. The molecular weight excluding hydrogens is 364 g/mol. The molecule has 0 unspecified atom stereocenters. The molecule has 27 heavy (non-hydrogen) atoms. The third-order valence-electron chi connectivity index (χ3n) is 3.62.